The molecule has 1 spiro atoms. The number of fused-ring (bicyclic) bond motifs is 2. The second-order valence-electron chi connectivity index (χ2n) is 11.3. The van der Waals surface area contributed by atoms with E-state index in [1.54, 1.807) is 20.9 Å². The number of nitrogens with zero attached hydrogens (tertiary/aromatic N) is 5. The summed E-state index contributed by atoms with van der Waals surface area (Å²) in [5.74, 6) is -7.22. The summed E-state index contributed by atoms with van der Waals surface area (Å²) in [5.41, 5.74) is 11.2. The van der Waals surface area contributed by atoms with Gasteiger partial charge in [-0.25, -0.2) is 9.48 Å². The minimum absolute atomic E-state index is 0.00106. The van der Waals surface area contributed by atoms with Crippen LogP contribution in [0.3, 0.4) is 0 Å². The number of amides is 1. The lowest BCUT2D eigenvalue weighted by molar-refractivity contribution is -0.338. The number of rotatable bonds is 11. The molecule has 3 saturated heterocycles. The van der Waals surface area contributed by atoms with E-state index in [9.17, 15) is 24.6 Å². The first-order valence-electron chi connectivity index (χ1n) is 14.0. The van der Waals surface area contributed by atoms with E-state index in [-0.39, 0.29) is 31.2 Å². The Morgan fingerprint density at radius 3 is 2.52 bits per heavy atom. The lowest BCUT2D eigenvalue weighted by atomic mass is 9.84. The van der Waals surface area contributed by atoms with Crippen molar-refractivity contribution in [3.8, 4) is 0 Å². The minimum Gasteiger partial charge on any atom is -0.481 e. The second kappa shape index (κ2) is 12.1. The molecule has 1 aromatic heterocycles. The third-order valence-electron chi connectivity index (χ3n) is 7.75. The van der Waals surface area contributed by atoms with Gasteiger partial charge in [-0.3, -0.25) is 19.4 Å². The van der Waals surface area contributed by atoms with Crippen LogP contribution in [0.5, 0.6) is 0 Å². The fraction of sp³-hybridized carbons (Fsp3) is 0.556. The quantitative estimate of drug-likeness (QED) is 0.121. The smallest absolute Gasteiger partial charge is 0.326 e. The van der Waals surface area contributed by atoms with Crippen LogP contribution in [-0.4, -0.2) is 104 Å². The summed E-state index contributed by atoms with van der Waals surface area (Å²) >= 11 is 0. The third-order valence-corrected chi connectivity index (χ3v) is 7.75. The van der Waals surface area contributed by atoms with Gasteiger partial charge in [0.15, 0.2) is 17.4 Å². The Balaban J connectivity index is 1.34. The van der Waals surface area contributed by atoms with Crippen LogP contribution < -0.4 is 16.8 Å². The summed E-state index contributed by atoms with van der Waals surface area (Å²) in [4.78, 5) is 47.4. The van der Waals surface area contributed by atoms with Crippen molar-refractivity contribution in [1.29, 1.82) is 0 Å². The summed E-state index contributed by atoms with van der Waals surface area (Å²) in [6.07, 6.45) is -0.737. The van der Waals surface area contributed by atoms with Crippen molar-refractivity contribution in [2.45, 2.75) is 75.2 Å². The van der Waals surface area contributed by atoms with E-state index < -0.39 is 65.7 Å². The van der Waals surface area contributed by atoms with E-state index in [1.807, 2.05) is 30.3 Å². The first kappa shape index (κ1) is 31.3. The summed E-state index contributed by atoms with van der Waals surface area (Å²) in [7, 11) is 1.64. The Labute approximate surface area is 252 Å². The van der Waals surface area contributed by atoms with Crippen LogP contribution in [0, 0.1) is 5.92 Å². The molecule has 1 amide bonds. The molecule has 3 aliphatic heterocycles. The number of carbonyl (C=O) groups is 3. The normalized spacial score (nSPS) is 29.8. The minimum atomic E-state index is -1.74. The molecule has 17 nitrogen and oxygen atoms in total. The highest BCUT2D eigenvalue weighted by Crippen LogP contribution is 2.56. The molecule has 3 fully saturated rings. The molecule has 3 aliphatic rings. The van der Waals surface area contributed by atoms with Gasteiger partial charge in [-0.15, -0.1) is 5.10 Å². The molecule has 7 atom stereocenters. The van der Waals surface area contributed by atoms with E-state index in [2.05, 4.69) is 20.6 Å². The number of hydrogen-bond acceptors (Lipinski definition) is 11. The van der Waals surface area contributed by atoms with E-state index in [0.29, 0.717) is 6.42 Å². The molecule has 0 aliphatic carbocycles. The van der Waals surface area contributed by atoms with Gasteiger partial charge < -0.3 is 41.2 Å². The number of carboxylic acid groups (broad SMARTS) is 2. The fourth-order valence-corrected chi connectivity index (χ4v) is 6.01. The van der Waals surface area contributed by atoms with Crippen LogP contribution in [0.25, 0.3) is 0 Å². The van der Waals surface area contributed by atoms with Crippen LogP contribution in [0.4, 0.5) is 0 Å². The monoisotopic (exact) mass is 616 g/mol. The molecule has 0 saturated carbocycles. The first-order chi connectivity index (χ1) is 20.8. The van der Waals surface area contributed by atoms with Gasteiger partial charge in [0.05, 0.1) is 18.8 Å². The average Bonchev–Trinajstić information content (AvgIpc) is 3.68. The van der Waals surface area contributed by atoms with Crippen molar-refractivity contribution in [2.24, 2.45) is 22.4 Å². The van der Waals surface area contributed by atoms with Gasteiger partial charge in [-0.1, -0.05) is 35.5 Å². The number of carbonyl (C=O) groups excluding carboxylic acids is 1. The van der Waals surface area contributed by atoms with Gasteiger partial charge in [0.2, 0.25) is 5.79 Å². The van der Waals surface area contributed by atoms with E-state index >= 15 is 0 Å². The van der Waals surface area contributed by atoms with Gasteiger partial charge in [0.25, 0.3) is 5.91 Å². The number of guanidine groups is 1. The molecular formula is C27H36N8O9. The molecule has 238 valence electrons. The largest absolute Gasteiger partial charge is 0.481 e. The number of aliphatic carboxylic acids is 2. The Morgan fingerprint density at radius 1 is 1.14 bits per heavy atom. The average molecular weight is 617 g/mol. The van der Waals surface area contributed by atoms with Gasteiger partial charge in [-0.2, -0.15) is 5.06 Å². The molecule has 0 unspecified atom stereocenters. The lowest BCUT2D eigenvalue weighted by Gasteiger charge is -2.33. The molecule has 0 bridgehead atoms. The number of benzene rings is 1. The first-order valence-corrected chi connectivity index (χ1v) is 14.0. The summed E-state index contributed by atoms with van der Waals surface area (Å²) < 4.78 is 20.1. The van der Waals surface area contributed by atoms with Crippen LogP contribution in [0.2, 0.25) is 0 Å². The molecule has 4 heterocycles. The van der Waals surface area contributed by atoms with Crippen molar-refractivity contribution >= 4 is 23.8 Å². The number of nitrogens with two attached hydrogens (primary N) is 2. The highest BCUT2D eigenvalue weighted by Gasteiger charge is 2.73. The molecule has 2 aromatic rings. The van der Waals surface area contributed by atoms with Gasteiger partial charge in [-0.05, 0) is 32.3 Å². The molecule has 44 heavy (non-hydrogen) atoms. The standard InChI is InChI=1S/C27H36N8O9/c1-26(2)42-20-17(13-35-12-16(32-33-35)22(36)31-15(23(37)38)10-7-11-30-25(28)29)41-27(21(20)43-26)18(24(39)40)19(34(3)44-27)14-8-5-4-6-9-14/h4-6,8-9,12,15,17-21H,7,10-11,13H2,1-3H3,(H,31,36)(H,37,38)(H,39,40)(H4,28,29,30)/t15-,17-,18+,19-,20+,21+,27-/m0/s1. The number of ether oxygens (including phenoxy) is 3. The summed E-state index contributed by atoms with van der Waals surface area (Å²) in [5, 5.41) is 31.8. The van der Waals surface area contributed by atoms with Gasteiger partial charge >= 0.3 is 11.9 Å². The van der Waals surface area contributed by atoms with Gasteiger partial charge in [0, 0.05) is 13.6 Å². The Bertz CT molecular complexity index is 1410. The van der Waals surface area contributed by atoms with E-state index in [1.165, 1.54) is 15.9 Å². The maximum absolute atomic E-state index is 12.8. The Morgan fingerprint density at radius 2 is 1.86 bits per heavy atom. The third kappa shape index (κ3) is 6.09. The van der Waals surface area contributed by atoms with Crippen molar-refractivity contribution in [3.63, 3.8) is 0 Å². The molecular weight excluding hydrogens is 580 g/mol. The predicted octanol–water partition coefficient (Wildman–Crippen LogP) is -0.551. The number of nitrogens with one attached hydrogen (secondary N) is 1. The van der Waals surface area contributed by atoms with Crippen molar-refractivity contribution in [3.05, 3.63) is 47.8 Å². The zero-order valence-electron chi connectivity index (χ0n) is 24.4. The lowest BCUT2D eigenvalue weighted by Crippen LogP contribution is -2.51. The zero-order chi connectivity index (χ0) is 31.8. The molecule has 5 rings (SSSR count). The Kier molecular flexibility index (Phi) is 8.59. The van der Waals surface area contributed by atoms with Crippen LogP contribution in [0.1, 0.15) is 48.8 Å². The highest BCUT2D eigenvalue weighted by molar-refractivity contribution is 5.94. The maximum Gasteiger partial charge on any atom is 0.326 e. The number of hydrogen-bond donors (Lipinski definition) is 5. The van der Waals surface area contributed by atoms with E-state index in [4.69, 9.17) is 30.5 Å². The predicted molar refractivity (Wildman–Crippen MR) is 149 cm³/mol. The summed E-state index contributed by atoms with van der Waals surface area (Å²) in [6, 6.07) is 7.22. The van der Waals surface area contributed by atoms with Crippen LogP contribution in [-0.2, 0) is 35.2 Å². The molecule has 7 N–H and O–H groups in total. The zero-order valence-corrected chi connectivity index (χ0v) is 24.4. The molecule has 0 radical (unpaired) electrons. The van der Waals surface area contributed by atoms with Crippen molar-refractivity contribution in [1.82, 2.24) is 25.4 Å². The Hall–Kier alpha value is -4.16. The highest BCUT2D eigenvalue weighted by atomic mass is 16.9. The number of hydroxylamine groups is 2. The molecule has 17 heteroatoms. The number of aromatic nitrogens is 3. The second-order valence-corrected chi connectivity index (χ2v) is 11.3. The van der Waals surface area contributed by atoms with E-state index in [0.717, 1.165) is 5.56 Å². The van der Waals surface area contributed by atoms with Gasteiger partial charge in [0.1, 0.15) is 30.3 Å². The van der Waals surface area contributed by atoms with Crippen molar-refractivity contribution < 1.29 is 43.6 Å². The van der Waals surface area contributed by atoms with Crippen LogP contribution in [0.15, 0.2) is 41.5 Å². The van der Waals surface area contributed by atoms with Crippen molar-refractivity contribution in [2.75, 3.05) is 13.6 Å². The summed E-state index contributed by atoms with van der Waals surface area (Å²) in [6.45, 7) is 3.64. The topological polar surface area (TPSA) is 239 Å². The maximum atomic E-state index is 12.8. The number of aliphatic imine (C=N–C) groups is 1. The fourth-order valence-electron chi connectivity index (χ4n) is 6.01. The number of carboxylic acids is 2. The molecule has 1 aromatic carbocycles. The SMILES string of the molecule is CN1O[C@@]2(O[C@@H](Cn3cc(C(=O)N[C@@H](CCCN=C(N)N)C(=O)O)nn3)[C@H]3OC(C)(C)O[C@H]32)[C@@H](C(=O)O)[C@@H]1c1ccccc1. The van der Waals surface area contributed by atoms with Crippen LogP contribution >= 0.6 is 0 Å².